The van der Waals surface area contributed by atoms with Crippen LogP contribution in [0.2, 0.25) is 0 Å². The van der Waals surface area contributed by atoms with Gasteiger partial charge in [-0.1, -0.05) is 22.7 Å². The van der Waals surface area contributed by atoms with Crippen molar-refractivity contribution in [2.24, 2.45) is 0 Å². The number of carboxylic acid groups (broad SMARTS) is 3. The smallest absolute Gasteiger partial charge is 0.481 e. The molecule has 0 aliphatic heterocycles. The molecule has 0 aliphatic carbocycles. The standard InChI is InChI=1S/C12H11O9P/c13-9(14)6-12(11(17)18,7-10(15)16)21-22(19)20-8-4-2-1-3-5-8/h1-5H,6-7H2,(H2-,13,14,15,16,17,18)/p+1. The fourth-order valence-electron chi connectivity index (χ4n) is 1.53. The van der Waals surface area contributed by atoms with Crippen molar-refractivity contribution in [2.45, 2.75) is 18.4 Å². The average molecular weight is 331 g/mol. The lowest BCUT2D eigenvalue weighted by Crippen LogP contribution is -2.44. The third-order valence-electron chi connectivity index (χ3n) is 2.44. The lowest BCUT2D eigenvalue weighted by molar-refractivity contribution is -0.167. The van der Waals surface area contributed by atoms with Crippen molar-refractivity contribution in [3.63, 3.8) is 0 Å². The summed E-state index contributed by atoms with van der Waals surface area (Å²) < 4.78 is 21.2. The van der Waals surface area contributed by atoms with Gasteiger partial charge in [-0.2, -0.15) is 0 Å². The molecule has 0 saturated heterocycles. The maximum Gasteiger partial charge on any atom is 0.751 e. The largest absolute Gasteiger partial charge is 0.751 e. The summed E-state index contributed by atoms with van der Waals surface area (Å²) >= 11 is 0. The van der Waals surface area contributed by atoms with Crippen molar-refractivity contribution in [1.82, 2.24) is 0 Å². The number of aliphatic carboxylic acids is 3. The Morgan fingerprint density at radius 2 is 1.50 bits per heavy atom. The van der Waals surface area contributed by atoms with Gasteiger partial charge in [0.2, 0.25) is 5.60 Å². The second-order valence-electron chi connectivity index (χ2n) is 4.16. The molecular weight excluding hydrogens is 319 g/mol. The van der Waals surface area contributed by atoms with E-state index in [1.54, 1.807) is 18.2 Å². The van der Waals surface area contributed by atoms with Crippen molar-refractivity contribution in [2.75, 3.05) is 0 Å². The highest BCUT2D eigenvalue weighted by molar-refractivity contribution is 7.33. The molecule has 0 aliphatic rings. The van der Waals surface area contributed by atoms with E-state index in [-0.39, 0.29) is 5.75 Å². The topological polar surface area (TPSA) is 147 Å². The number of benzene rings is 1. The van der Waals surface area contributed by atoms with E-state index >= 15 is 0 Å². The summed E-state index contributed by atoms with van der Waals surface area (Å²) in [5.41, 5.74) is -2.69. The summed E-state index contributed by atoms with van der Waals surface area (Å²) in [6, 6.07) is 7.58. The van der Waals surface area contributed by atoms with E-state index in [0.29, 0.717) is 0 Å². The van der Waals surface area contributed by atoms with Gasteiger partial charge in [0.05, 0.1) is 12.8 Å². The summed E-state index contributed by atoms with van der Waals surface area (Å²) in [6.07, 6.45) is -2.37. The molecule has 0 heterocycles. The monoisotopic (exact) mass is 331 g/mol. The first-order chi connectivity index (χ1) is 10.2. The number of hydrogen-bond acceptors (Lipinski definition) is 6. The fraction of sp³-hybridized carbons (Fsp3) is 0.250. The van der Waals surface area contributed by atoms with Crippen LogP contribution in [0.25, 0.3) is 0 Å². The molecule has 1 rings (SSSR count). The Hall–Kier alpha value is -2.51. The van der Waals surface area contributed by atoms with Gasteiger partial charge in [0.15, 0.2) is 5.75 Å². The minimum absolute atomic E-state index is 0.0912. The Labute approximate surface area is 125 Å². The van der Waals surface area contributed by atoms with Crippen LogP contribution in [0, 0.1) is 0 Å². The Kier molecular flexibility index (Phi) is 5.97. The third kappa shape index (κ3) is 5.12. The molecule has 10 heteroatoms. The zero-order valence-corrected chi connectivity index (χ0v) is 11.9. The van der Waals surface area contributed by atoms with Crippen molar-refractivity contribution < 1.29 is 43.3 Å². The Balaban J connectivity index is 2.95. The van der Waals surface area contributed by atoms with Crippen LogP contribution in [0.1, 0.15) is 12.8 Å². The van der Waals surface area contributed by atoms with Gasteiger partial charge in [0.25, 0.3) is 0 Å². The van der Waals surface area contributed by atoms with Crippen LogP contribution in [-0.2, 0) is 23.5 Å². The zero-order valence-electron chi connectivity index (χ0n) is 11.0. The third-order valence-corrected chi connectivity index (χ3v) is 3.29. The summed E-state index contributed by atoms with van der Waals surface area (Å²) in [7, 11) is -3.10. The normalized spacial score (nSPS) is 11.5. The summed E-state index contributed by atoms with van der Waals surface area (Å²) in [5.74, 6) is -5.01. The van der Waals surface area contributed by atoms with Gasteiger partial charge in [-0.25, -0.2) is 9.32 Å². The number of carbonyl (C=O) groups is 3. The molecule has 118 valence electrons. The maximum atomic E-state index is 11.8. The van der Waals surface area contributed by atoms with Crippen LogP contribution in [0.15, 0.2) is 30.3 Å². The second kappa shape index (κ2) is 7.48. The Morgan fingerprint density at radius 1 is 1.00 bits per heavy atom. The van der Waals surface area contributed by atoms with Crippen LogP contribution < -0.4 is 4.52 Å². The van der Waals surface area contributed by atoms with E-state index in [1.807, 2.05) is 0 Å². The lowest BCUT2D eigenvalue weighted by atomic mass is 9.96. The van der Waals surface area contributed by atoms with E-state index in [9.17, 15) is 18.9 Å². The molecule has 1 unspecified atom stereocenters. The van der Waals surface area contributed by atoms with Crippen LogP contribution in [-0.4, -0.2) is 38.8 Å². The van der Waals surface area contributed by atoms with Gasteiger partial charge in [-0.15, -0.1) is 0 Å². The van der Waals surface area contributed by atoms with Crippen molar-refractivity contribution in [3.05, 3.63) is 30.3 Å². The molecule has 3 N–H and O–H groups in total. The lowest BCUT2D eigenvalue weighted by Gasteiger charge is -2.18. The van der Waals surface area contributed by atoms with Gasteiger partial charge in [0, 0.05) is 4.57 Å². The van der Waals surface area contributed by atoms with Crippen LogP contribution in [0.5, 0.6) is 5.75 Å². The SMILES string of the molecule is O=C(O)CC(CC(=O)O)(O[P+](=O)Oc1ccccc1)C(=O)O. The van der Waals surface area contributed by atoms with Crippen molar-refractivity contribution in [3.8, 4) is 5.75 Å². The van der Waals surface area contributed by atoms with Gasteiger partial charge >= 0.3 is 26.2 Å². The second-order valence-corrected chi connectivity index (χ2v) is 4.97. The van der Waals surface area contributed by atoms with E-state index in [0.717, 1.165) is 0 Å². The van der Waals surface area contributed by atoms with E-state index in [4.69, 9.17) is 19.8 Å². The summed E-state index contributed by atoms with van der Waals surface area (Å²) in [5, 5.41) is 26.6. The number of rotatable bonds is 9. The van der Waals surface area contributed by atoms with E-state index in [2.05, 4.69) is 4.52 Å². The van der Waals surface area contributed by atoms with Gasteiger partial charge in [-0.05, 0) is 12.1 Å². The molecular formula is C12H12O9P+. The molecule has 0 amide bonds. The van der Waals surface area contributed by atoms with Crippen molar-refractivity contribution in [1.29, 1.82) is 0 Å². The van der Waals surface area contributed by atoms with Gasteiger partial charge in [-0.3, -0.25) is 9.59 Å². The molecule has 0 fully saturated rings. The molecule has 0 aromatic heterocycles. The molecule has 1 aromatic carbocycles. The zero-order chi connectivity index (χ0) is 16.8. The highest BCUT2D eigenvalue weighted by Gasteiger charge is 2.53. The number of hydrogen-bond donors (Lipinski definition) is 3. The molecule has 0 spiro atoms. The van der Waals surface area contributed by atoms with Gasteiger partial charge < -0.3 is 15.3 Å². The molecule has 0 radical (unpaired) electrons. The number of para-hydroxylation sites is 1. The molecule has 9 nitrogen and oxygen atoms in total. The predicted octanol–water partition coefficient (Wildman–Crippen LogP) is 1.51. The van der Waals surface area contributed by atoms with Gasteiger partial charge in [0.1, 0.15) is 0 Å². The summed E-state index contributed by atoms with van der Waals surface area (Å²) in [4.78, 5) is 32.8. The average Bonchev–Trinajstić information content (AvgIpc) is 2.37. The van der Waals surface area contributed by atoms with Crippen LogP contribution >= 0.6 is 8.25 Å². The van der Waals surface area contributed by atoms with Crippen molar-refractivity contribution >= 4 is 26.2 Å². The number of carboxylic acids is 3. The summed E-state index contributed by atoms with van der Waals surface area (Å²) in [6.45, 7) is 0. The molecule has 22 heavy (non-hydrogen) atoms. The minimum Gasteiger partial charge on any atom is -0.481 e. The molecule has 0 bridgehead atoms. The minimum atomic E-state index is -3.10. The highest BCUT2D eigenvalue weighted by Crippen LogP contribution is 2.37. The first-order valence-electron chi connectivity index (χ1n) is 5.81. The maximum absolute atomic E-state index is 11.8. The predicted molar refractivity (Wildman–Crippen MR) is 70.6 cm³/mol. The molecule has 0 saturated carbocycles. The van der Waals surface area contributed by atoms with Crippen LogP contribution in [0.4, 0.5) is 0 Å². The first kappa shape index (κ1) is 17.5. The Morgan fingerprint density at radius 3 is 1.91 bits per heavy atom. The van der Waals surface area contributed by atoms with E-state index < -0.39 is 44.6 Å². The fourth-order valence-corrected chi connectivity index (χ4v) is 2.36. The molecule has 1 aromatic rings. The quantitative estimate of drug-likeness (QED) is 0.572. The molecule has 1 atom stereocenters. The van der Waals surface area contributed by atoms with Crippen LogP contribution in [0.3, 0.4) is 0 Å². The van der Waals surface area contributed by atoms with E-state index in [1.165, 1.54) is 12.1 Å². The first-order valence-corrected chi connectivity index (χ1v) is 6.91. The Bertz CT molecular complexity index is 568. The highest BCUT2D eigenvalue weighted by atomic mass is 31.1.